The molecule has 1 aromatic heterocycles. The van der Waals surface area contributed by atoms with E-state index in [0.717, 1.165) is 33.9 Å². The number of hydrogen-bond acceptors (Lipinski definition) is 3. The molecule has 100 valence electrons. The summed E-state index contributed by atoms with van der Waals surface area (Å²) in [5.74, 6) is 5.80. The molecule has 0 aliphatic heterocycles. The standard InChI is InChI=1S/C15H18BrN3/c1-9-7-11-14(19-17)10-5-3-2-4-6-13(10)18-15(11)12(16)8-9/h7-8H,2-6,17H2,1H3,(H,18,19). The van der Waals surface area contributed by atoms with E-state index >= 15 is 0 Å². The van der Waals surface area contributed by atoms with Crippen LogP contribution >= 0.6 is 15.9 Å². The number of aryl methyl sites for hydroxylation is 2. The SMILES string of the molecule is Cc1cc(Br)c2nc3c(c(NN)c2c1)CCCCC3. The summed E-state index contributed by atoms with van der Waals surface area (Å²) in [5.41, 5.74) is 8.73. The Bertz CT molecular complexity index is 637. The Labute approximate surface area is 121 Å². The minimum atomic E-state index is 1.01. The summed E-state index contributed by atoms with van der Waals surface area (Å²) in [6.07, 6.45) is 5.85. The maximum Gasteiger partial charge on any atom is 0.0868 e. The van der Waals surface area contributed by atoms with Gasteiger partial charge in [0.25, 0.3) is 0 Å². The fraction of sp³-hybridized carbons (Fsp3) is 0.400. The normalized spacial score (nSPS) is 15.1. The zero-order valence-electron chi connectivity index (χ0n) is 11.1. The van der Waals surface area contributed by atoms with Gasteiger partial charge >= 0.3 is 0 Å². The van der Waals surface area contributed by atoms with Crippen molar-refractivity contribution in [1.29, 1.82) is 0 Å². The number of benzene rings is 1. The van der Waals surface area contributed by atoms with Crippen LogP contribution in [0.15, 0.2) is 16.6 Å². The number of nitrogen functional groups attached to an aromatic ring is 1. The minimum absolute atomic E-state index is 1.01. The van der Waals surface area contributed by atoms with Crippen LogP contribution in [-0.4, -0.2) is 4.98 Å². The summed E-state index contributed by atoms with van der Waals surface area (Å²) in [4.78, 5) is 4.88. The van der Waals surface area contributed by atoms with Crippen molar-refractivity contribution in [3.05, 3.63) is 33.4 Å². The zero-order chi connectivity index (χ0) is 13.4. The molecule has 0 unspecified atom stereocenters. The van der Waals surface area contributed by atoms with E-state index < -0.39 is 0 Å². The van der Waals surface area contributed by atoms with Crippen LogP contribution < -0.4 is 11.3 Å². The Morgan fingerprint density at radius 1 is 1.21 bits per heavy atom. The third kappa shape index (κ3) is 2.23. The van der Waals surface area contributed by atoms with Gasteiger partial charge in [0.05, 0.1) is 11.2 Å². The molecular formula is C15H18BrN3. The third-order valence-corrected chi connectivity index (χ3v) is 4.46. The summed E-state index contributed by atoms with van der Waals surface area (Å²) < 4.78 is 1.05. The van der Waals surface area contributed by atoms with Crippen LogP contribution in [0.4, 0.5) is 5.69 Å². The van der Waals surface area contributed by atoms with E-state index in [9.17, 15) is 0 Å². The highest BCUT2D eigenvalue weighted by Crippen LogP contribution is 2.35. The van der Waals surface area contributed by atoms with Crippen LogP contribution in [0.5, 0.6) is 0 Å². The molecule has 19 heavy (non-hydrogen) atoms. The van der Waals surface area contributed by atoms with Crippen LogP contribution in [0, 0.1) is 6.92 Å². The topological polar surface area (TPSA) is 50.9 Å². The van der Waals surface area contributed by atoms with Gasteiger partial charge in [-0.3, -0.25) is 10.8 Å². The molecule has 0 amide bonds. The van der Waals surface area contributed by atoms with Crippen LogP contribution in [0.2, 0.25) is 0 Å². The van der Waals surface area contributed by atoms with Gasteiger partial charge in [0.2, 0.25) is 0 Å². The van der Waals surface area contributed by atoms with E-state index in [4.69, 9.17) is 10.8 Å². The molecular weight excluding hydrogens is 302 g/mol. The van der Waals surface area contributed by atoms with Gasteiger partial charge < -0.3 is 5.43 Å². The first-order valence-corrected chi connectivity index (χ1v) is 7.58. The van der Waals surface area contributed by atoms with Gasteiger partial charge in [0, 0.05) is 15.6 Å². The first-order valence-electron chi connectivity index (χ1n) is 6.79. The molecule has 0 saturated carbocycles. The lowest BCUT2D eigenvalue weighted by atomic mass is 10.0. The Hall–Kier alpha value is -1.13. The first kappa shape index (κ1) is 12.9. The fourth-order valence-corrected chi connectivity index (χ4v) is 3.62. The average Bonchev–Trinajstić information content (AvgIpc) is 2.61. The van der Waals surface area contributed by atoms with Crippen molar-refractivity contribution >= 4 is 32.5 Å². The summed E-state index contributed by atoms with van der Waals surface area (Å²) >= 11 is 3.63. The van der Waals surface area contributed by atoms with Gasteiger partial charge in [-0.05, 0) is 71.8 Å². The predicted molar refractivity (Wildman–Crippen MR) is 83.2 cm³/mol. The Kier molecular flexibility index (Phi) is 3.46. The number of nitrogens with zero attached hydrogens (tertiary/aromatic N) is 1. The predicted octanol–water partition coefficient (Wildman–Crippen LogP) is 3.86. The highest BCUT2D eigenvalue weighted by Gasteiger charge is 2.18. The number of halogens is 1. The van der Waals surface area contributed by atoms with E-state index in [-0.39, 0.29) is 0 Å². The number of nitrogens with one attached hydrogen (secondary N) is 1. The van der Waals surface area contributed by atoms with Crippen molar-refractivity contribution in [2.45, 2.75) is 39.0 Å². The second-order valence-electron chi connectivity index (χ2n) is 5.26. The lowest BCUT2D eigenvalue weighted by Gasteiger charge is -2.16. The molecule has 3 rings (SSSR count). The van der Waals surface area contributed by atoms with Crippen molar-refractivity contribution in [2.24, 2.45) is 5.84 Å². The van der Waals surface area contributed by atoms with Crippen molar-refractivity contribution in [2.75, 3.05) is 5.43 Å². The quantitative estimate of drug-likeness (QED) is 0.476. The van der Waals surface area contributed by atoms with Crippen LogP contribution in [0.25, 0.3) is 10.9 Å². The summed E-state index contributed by atoms with van der Waals surface area (Å²) in [7, 11) is 0. The molecule has 0 saturated heterocycles. The fourth-order valence-electron chi connectivity index (χ4n) is 2.96. The van der Waals surface area contributed by atoms with Gasteiger partial charge in [-0.2, -0.15) is 0 Å². The van der Waals surface area contributed by atoms with E-state index in [1.54, 1.807) is 0 Å². The summed E-state index contributed by atoms with van der Waals surface area (Å²) in [6, 6.07) is 4.27. The number of aromatic nitrogens is 1. The molecule has 0 bridgehead atoms. The Morgan fingerprint density at radius 2 is 2.00 bits per heavy atom. The molecule has 1 aromatic carbocycles. The molecule has 1 heterocycles. The van der Waals surface area contributed by atoms with Crippen LogP contribution in [0.3, 0.4) is 0 Å². The highest BCUT2D eigenvalue weighted by molar-refractivity contribution is 9.10. The number of hydrogen-bond donors (Lipinski definition) is 2. The van der Waals surface area contributed by atoms with E-state index in [2.05, 4.69) is 40.4 Å². The molecule has 0 spiro atoms. The summed E-state index contributed by atoms with van der Waals surface area (Å²) in [6.45, 7) is 2.09. The monoisotopic (exact) mass is 319 g/mol. The second kappa shape index (κ2) is 5.10. The van der Waals surface area contributed by atoms with Gasteiger partial charge in [0.1, 0.15) is 0 Å². The first-order chi connectivity index (χ1) is 9.20. The molecule has 1 aliphatic rings. The largest absolute Gasteiger partial charge is 0.323 e. The van der Waals surface area contributed by atoms with Crippen LogP contribution in [-0.2, 0) is 12.8 Å². The van der Waals surface area contributed by atoms with Gasteiger partial charge in [0.15, 0.2) is 0 Å². The minimum Gasteiger partial charge on any atom is -0.323 e. The molecule has 2 aromatic rings. The van der Waals surface area contributed by atoms with E-state index in [1.165, 1.54) is 36.1 Å². The second-order valence-corrected chi connectivity index (χ2v) is 6.11. The van der Waals surface area contributed by atoms with E-state index in [0.29, 0.717) is 0 Å². The Morgan fingerprint density at radius 3 is 2.79 bits per heavy atom. The van der Waals surface area contributed by atoms with Crippen LogP contribution in [0.1, 0.15) is 36.1 Å². The maximum absolute atomic E-state index is 5.80. The Balaban J connectivity index is 2.36. The highest BCUT2D eigenvalue weighted by atomic mass is 79.9. The van der Waals surface area contributed by atoms with Crippen molar-refractivity contribution in [3.63, 3.8) is 0 Å². The van der Waals surface area contributed by atoms with E-state index in [1.807, 2.05) is 0 Å². The average molecular weight is 320 g/mol. The van der Waals surface area contributed by atoms with Gasteiger partial charge in [-0.25, -0.2) is 0 Å². The summed E-state index contributed by atoms with van der Waals surface area (Å²) in [5, 5.41) is 1.12. The van der Waals surface area contributed by atoms with Crippen molar-refractivity contribution in [1.82, 2.24) is 4.98 Å². The molecule has 0 radical (unpaired) electrons. The smallest absolute Gasteiger partial charge is 0.0868 e. The zero-order valence-corrected chi connectivity index (χ0v) is 12.7. The number of rotatable bonds is 1. The number of pyridine rings is 1. The van der Waals surface area contributed by atoms with Gasteiger partial charge in [-0.1, -0.05) is 6.42 Å². The molecule has 3 N–H and O–H groups in total. The van der Waals surface area contributed by atoms with Crippen molar-refractivity contribution < 1.29 is 0 Å². The lowest BCUT2D eigenvalue weighted by Crippen LogP contribution is -2.12. The maximum atomic E-state index is 5.80. The molecule has 0 atom stereocenters. The number of nitrogens with two attached hydrogens (primary N) is 1. The van der Waals surface area contributed by atoms with Crippen molar-refractivity contribution in [3.8, 4) is 0 Å². The molecule has 0 fully saturated rings. The number of hydrazine groups is 1. The lowest BCUT2D eigenvalue weighted by molar-refractivity contribution is 0.709. The molecule has 4 heteroatoms. The number of anilines is 1. The third-order valence-electron chi connectivity index (χ3n) is 3.86. The number of fused-ring (bicyclic) bond motifs is 2. The van der Waals surface area contributed by atoms with Gasteiger partial charge in [-0.15, -0.1) is 0 Å². The molecule has 3 nitrogen and oxygen atoms in total. The molecule has 1 aliphatic carbocycles.